The van der Waals surface area contributed by atoms with Gasteiger partial charge in [-0.05, 0) is 47.6 Å². The molecule has 0 aliphatic heterocycles. The van der Waals surface area contributed by atoms with Crippen LogP contribution in [0.3, 0.4) is 0 Å². The summed E-state index contributed by atoms with van der Waals surface area (Å²) in [6, 6.07) is 7.40. The summed E-state index contributed by atoms with van der Waals surface area (Å²) < 4.78 is 6.82. The Labute approximate surface area is 132 Å². The molecule has 2 rings (SSSR count). The van der Waals surface area contributed by atoms with Crippen molar-refractivity contribution in [1.29, 1.82) is 0 Å². The highest BCUT2D eigenvalue weighted by atomic mass is 79.9. The Balaban J connectivity index is 2.29. The summed E-state index contributed by atoms with van der Waals surface area (Å²) in [6.45, 7) is 5.64. The number of pyridine rings is 1. The predicted octanol–water partition coefficient (Wildman–Crippen LogP) is 4.71. The van der Waals surface area contributed by atoms with E-state index in [1.807, 2.05) is 31.3 Å². The van der Waals surface area contributed by atoms with E-state index in [4.69, 9.17) is 16.3 Å². The molecule has 1 N–H and O–H groups in total. The molecule has 2 aromatic rings. The zero-order chi connectivity index (χ0) is 14.5. The molecule has 20 heavy (non-hydrogen) atoms. The summed E-state index contributed by atoms with van der Waals surface area (Å²) in [6.07, 6.45) is 1.84. The quantitative estimate of drug-likeness (QED) is 0.843. The number of rotatable bonds is 5. The third-order valence-corrected chi connectivity index (χ3v) is 3.61. The van der Waals surface area contributed by atoms with Gasteiger partial charge in [-0.15, -0.1) is 0 Å². The average molecular weight is 356 g/mol. The number of nitrogens with one attached hydrogen (secondary N) is 1. The second-order valence-electron chi connectivity index (χ2n) is 4.39. The molecule has 1 aromatic heterocycles. The minimum Gasteiger partial charge on any atom is -0.456 e. The van der Waals surface area contributed by atoms with Crippen molar-refractivity contribution in [2.24, 2.45) is 0 Å². The van der Waals surface area contributed by atoms with E-state index in [1.54, 1.807) is 6.07 Å². The van der Waals surface area contributed by atoms with Crippen LogP contribution in [0.2, 0.25) is 5.02 Å². The summed E-state index contributed by atoms with van der Waals surface area (Å²) >= 11 is 9.40. The van der Waals surface area contributed by atoms with Gasteiger partial charge in [0.1, 0.15) is 11.5 Å². The monoisotopic (exact) mass is 354 g/mol. The average Bonchev–Trinajstić information content (AvgIpc) is 2.41. The predicted molar refractivity (Wildman–Crippen MR) is 85.6 cm³/mol. The third-order valence-electron chi connectivity index (χ3n) is 2.76. The molecule has 1 heterocycles. The molecule has 3 nitrogen and oxygen atoms in total. The summed E-state index contributed by atoms with van der Waals surface area (Å²) in [5, 5.41) is 3.95. The van der Waals surface area contributed by atoms with Gasteiger partial charge >= 0.3 is 0 Å². The first-order valence-electron chi connectivity index (χ1n) is 6.39. The molecule has 5 heteroatoms. The van der Waals surface area contributed by atoms with E-state index in [0.717, 1.165) is 40.3 Å². The largest absolute Gasteiger partial charge is 0.456 e. The SMILES string of the molecule is CCNCc1cnc(C)cc1Oc1ccc(Cl)cc1Br. The van der Waals surface area contributed by atoms with Crippen LogP contribution in [0.1, 0.15) is 18.2 Å². The number of nitrogens with zero attached hydrogens (tertiary/aromatic N) is 1. The summed E-state index contributed by atoms with van der Waals surface area (Å²) in [7, 11) is 0. The first-order valence-corrected chi connectivity index (χ1v) is 7.56. The molecule has 0 saturated carbocycles. The lowest BCUT2D eigenvalue weighted by Crippen LogP contribution is -2.12. The number of aromatic nitrogens is 1. The van der Waals surface area contributed by atoms with Crippen molar-refractivity contribution in [3.8, 4) is 11.5 Å². The molecular formula is C15H16BrClN2O. The number of aryl methyl sites for hydroxylation is 1. The Morgan fingerprint density at radius 2 is 2.10 bits per heavy atom. The van der Waals surface area contributed by atoms with Gasteiger partial charge in [-0.1, -0.05) is 18.5 Å². The van der Waals surface area contributed by atoms with E-state index in [1.165, 1.54) is 0 Å². The van der Waals surface area contributed by atoms with E-state index in [0.29, 0.717) is 5.02 Å². The molecule has 0 atom stereocenters. The fourth-order valence-electron chi connectivity index (χ4n) is 1.73. The highest BCUT2D eigenvalue weighted by molar-refractivity contribution is 9.10. The van der Waals surface area contributed by atoms with Gasteiger partial charge < -0.3 is 10.1 Å². The third kappa shape index (κ3) is 3.95. The van der Waals surface area contributed by atoms with Crippen molar-refractivity contribution in [3.05, 3.63) is 51.2 Å². The van der Waals surface area contributed by atoms with Crippen molar-refractivity contribution in [2.75, 3.05) is 6.54 Å². The van der Waals surface area contributed by atoms with E-state index >= 15 is 0 Å². The topological polar surface area (TPSA) is 34.2 Å². The van der Waals surface area contributed by atoms with Gasteiger partial charge in [0.15, 0.2) is 0 Å². The number of hydrogen-bond acceptors (Lipinski definition) is 3. The minimum absolute atomic E-state index is 0.669. The van der Waals surface area contributed by atoms with Crippen LogP contribution in [0.4, 0.5) is 0 Å². The second-order valence-corrected chi connectivity index (χ2v) is 5.68. The summed E-state index contributed by atoms with van der Waals surface area (Å²) in [5.41, 5.74) is 1.95. The highest BCUT2D eigenvalue weighted by Crippen LogP contribution is 2.33. The van der Waals surface area contributed by atoms with Crippen molar-refractivity contribution in [3.63, 3.8) is 0 Å². The smallest absolute Gasteiger partial charge is 0.141 e. The molecule has 0 aliphatic rings. The summed E-state index contributed by atoms with van der Waals surface area (Å²) in [4.78, 5) is 4.32. The lowest BCUT2D eigenvalue weighted by atomic mass is 10.2. The van der Waals surface area contributed by atoms with Crippen LogP contribution in [0.5, 0.6) is 11.5 Å². The highest BCUT2D eigenvalue weighted by Gasteiger charge is 2.09. The van der Waals surface area contributed by atoms with Crippen molar-refractivity contribution in [2.45, 2.75) is 20.4 Å². The number of hydrogen-bond donors (Lipinski definition) is 1. The molecule has 0 radical (unpaired) electrons. The lowest BCUT2D eigenvalue weighted by molar-refractivity contribution is 0.469. The Morgan fingerprint density at radius 3 is 2.80 bits per heavy atom. The van der Waals surface area contributed by atoms with Crippen molar-refractivity contribution < 1.29 is 4.74 Å². The fraction of sp³-hybridized carbons (Fsp3) is 0.267. The first-order chi connectivity index (χ1) is 9.60. The van der Waals surface area contributed by atoms with Crippen LogP contribution >= 0.6 is 27.5 Å². The van der Waals surface area contributed by atoms with Gasteiger partial charge in [-0.2, -0.15) is 0 Å². The number of ether oxygens (including phenoxy) is 1. The van der Waals surface area contributed by atoms with Gasteiger partial charge in [0.05, 0.1) is 4.47 Å². The Hall–Kier alpha value is -1.10. The minimum atomic E-state index is 0.669. The molecule has 0 aliphatic carbocycles. The zero-order valence-electron chi connectivity index (χ0n) is 11.4. The molecule has 106 valence electrons. The van der Waals surface area contributed by atoms with Gasteiger partial charge in [-0.3, -0.25) is 4.98 Å². The number of halogens is 2. The lowest BCUT2D eigenvalue weighted by Gasteiger charge is -2.13. The molecule has 0 spiro atoms. The van der Waals surface area contributed by atoms with E-state index < -0.39 is 0 Å². The van der Waals surface area contributed by atoms with Crippen LogP contribution in [0, 0.1) is 6.92 Å². The molecule has 0 fully saturated rings. The molecular weight excluding hydrogens is 340 g/mol. The van der Waals surface area contributed by atoms with Crippen LogP contribution in [-0.4, -0.2) is 11.5 Å². The normalized spacial score (nSPS) is 10.6. The Kier molecular flexibility index (Phi) is 5.40. The van der Waals surface area contributed by atoms with Crippen LogP contribution < -0.4 is 10.1 Å². The van der Waals surface area contributed by atoms with E-state index in [2.05, 4.69) is 33.2 Å². The van der Waals surface area contributed by atoms with Crippen molar-refractivity contribution >= 4 is 27.5 Å². The van der Waals surface area contributed by atoms with Gasteiger partial charge in [0.2, 0.25) is 0 Å². The maximum atomic E-state index is 5.99. The van der Waals surface area contributed by atoms with Crippen molar-refractivity contribution in [1.82, 2.24) is 10.3 Å². The van der Waals surface area contributed by atoms with Crippen LogP contribution in [-0.2, 0) is 6.54 Å². The maximum absolute atomic E-state index is 5.99. The molecule has 0 amide bonds. The Morgan fingerprint density at radius 1 is 1.30 bits per heavy atom. The summed E-state index contributed by atoms with van der Waals surface area (Å²) in [5.74, 6) is 1.54. The first kappa shape index (κ1) is 15.3. The standard InChI is InChI=1S/C15H16BrClN2O/c1-3-18-8-11-9-19-10(2)6-15(11)20-14-5-4-12(17)7-13(14)16/h4-7,9,18H,3,8H2,1-2H3. The van der Waals surface area contributed by atoms with Gasteiger partial charge in [-0.25, -0.2) is 0 Å². The molecule has 0 saturated heterocycles. The van der Waals surface area contributed by atoms with Gasteiger partial charge in [0, 0.05) is 35.1 Å². The second kappa shape index (κ2) is 7.07. The van der Waals surface area contributed by atoms with Gasteiger partial charge in [0.25, 0.3) is 0 Å². The number of benzene rings is 1. The van der Waals surface area contributed by atoms with Crippen LogP contribution in [0.15, 0.2) is 34.9 Å². The van der Waals surface area contributed by atoms with Crippen LogP contribution in [0.25, 0.3) is 0 Å². The maximum Gasteiger partial charge on any atom is 0.141 e. The fourth-order valence-corrected chi connectivity index (χ4v) is 2.49. The Bertz CT molecular complexity index is 604. The van der Waals surface area contributed by atoms with E-state index in [9.17, 15) is 0 Å². The zero-order valence-corrected chi connectivity index (χ0v) is 13.8. The molecule has 0 bridgehead atoms. The molecule has 0 unspecified atom stereocenters. The molecule has 1 aromatic carbocycles. The van der Waals surface area contributed by atoms with E-state index in [-0.39, 0.29) is 0 Å².